The second kappa shape index (κ2) is 5.27. The van der Waals surface area contributed by atoms with Gasteiger partial charge in [0.15, 0.2) is 0 Å². The van der Waals surface area contributed by atoms with E-state index in [4.69, 9.17) is 5.73 Å². The van der Waals surface area contributed by atoms with Crippen LogP contribution in [-0.4, -0.2) is 52.9 Å². The zero-order chi connectivity index (χ0) is 15.9. The summed E-state index contributed by atoms with van der Waals surface area (Å²) < 4.78 is 4.57. The average molecular weight is 300 g/mol. The van der Waals surface area contributed by atoms with E-state index in [-0.39, 0.29) is 24.7 Å². The van der Waals surface area contributed by atoms with Gasteiger partial charge in [-0.3, -0.25) is 9.59 Å². The average Bonchev–Trinajstić information content (AvgIpc) is 3.02. The van der Waals surface area contributed by atoms with E-state index in [9.17, 15) is 24.6 Å². The molecule has 2 rings (SSSR count). The van der Waals surface area contributed by atoms with Crippen molar-refractivity contribution in [1.82, 2.24) is 5.32 Å². The van der Waals surface area contributed by atoms with E-state index in [1.807, 2.05) is 0 Å². The number of fused-ring (bicyclic) bond motifs is 1. The Kier molecular flexibility index (Phi) is 3.94. The first kappa shape index (κ1) is 15.7. The van der Waals surface area contributed by atoms with Crippen molar-refractivity contribution in [3.8, 4) is 0 Å². The van der Waals surface area contributed by atoms with E-state index in [1.165, 1.54) is 14.0 Å². The Morgan fingerprint density at radius 3 is 2.57 bits per heavy atom. The quantitative estimate of drug-likeness (QED) is 0.451. The molecule has 0 spiro atoms. The summed E-state index contributed by atoms with van der Waals surface area (Å²) in [6, 6.07) is -0.852. The Labute approximate surface area is 121 Å². The number of rotatable bonds is 5. The van der Waals surface area contributed by atoms with E-state index in [1.54, 1.807) is 0 Å². The van der Waals surface area contributed by atoms with Crippen LogP contribution in [0.4, 0.5) is 0 Å². The maximum atomic E-state index is 11.8. The summed E-state index contributed by atoms with van der Waals surface area (Å²) >= 11 is 0. The van der Waals surface area contributed by atoms with Gasteiger partial charge in [0.1, 0.15) is 5.54 Å². The molecule has 21 heavy (non-hydrogen) atoms. The summed E-state index contributed by atoms with van der Waals surface area (Å²) in [7, 11) is 1.25. The van der Waals surface area contributed by atoms with Crippen LogP contribution in [0.3, 0.4) is 0 Å². The van der Waals surface area contributed by atoms with Gasteiger partial charge in [0, 0.05) is 18.8 Å². The molecule has 8 heteroatoms. The molecule has 2 aliphatic carbocycles. The van der Waals surface area contributed by atoms with Gasteiger partial charge in [-0.25, -0.2) is 4.79 Å². The molecule has 5 N–H and O–H groups in total. The van der Waals surface area contributed by atoms with Gasteiger partial charge >= 0.3 is 11.9 Å². The lowest BCUT2D eigenvalue weighted by atomic mass is 9.88. The van der Waals surface area contributed by atoms with Gasteiger partial charge in [0.25, 0.3) is 0 Å². The summed E-state index contributed by atoms with van der Waals surface area (Å²) in [6.07, 6.45) is -0.908. The Morgan fingerprint density at radius 2 is 2.10 bits per heavy atom. The number of esters is 1. The summed E-state index contributed by atoms with van der Waals surface area (Å²) in [5.74, 6) is -3.35. The number of methoxy groups -OCH3 is 1. The van der Waals surface area contributed by atoms with Crippen molar-refractivity contribution in [3.63, 3.8) is 0 Å². The van der Waals surface area contributed by atoms with Crippen LogP contribution < -0.4 is 11.1 Å². The minimum Gasteiger partial charge on any atom is -0.479 e. The first-order valence-corrected chi connectivity index (χ1v) is 6.80. The Hall–Kier alpha value is -1.67. The Bertz CT molecular complexity index is 479. The Balaban J connectivity index is 2.20. The van der Waals surface area contributed by atoms with Gasteiger partial charge < -0.3 is 26.0 Å². The minimum absolute atomic E-state index is 0.0337. The maximum absolute atomic E-state index is 11.8. The normalized spacial score (nSPS) is 38.3. The summed E-state index contributed by atoms with van der Waals surface area (Å²) in [5, 5.41) is 22.0. The number of aliphatic hydroxyl groups excluding tert-OH is 1. The lowest BCUT2D eigenvalue weighted by Crippen LogP contribution is -2.59. The van der Waals surface area contributed by atoms with E-state index in [0.717, 1.165) is 0 Å². The van der Waals surface area contributed by atoms with E-state index in [2.05, 4.69) is 10.1 Å². The molecule has 0 heterocycles. The number of ether oxygens (including phenoxy) is 1. The first-order valence-electron chi connectivity index (χ1n) is 6.80. The van der Waals surface area contributed by atoms with Crippen molar-refractivity contribution in [3.05, 3.63) is 0 Å². The first-order chi connectivity index (χ1) is 9.74. The van der Waals surface area contributed by atoms with Gasteiger partial charge in [-0.1, -0.05) is 0 Å². The lowest BCUT2D eigenvalue weighted by molar-refractivity contribution is -0.150. The third-order valence-corrected chi connectivity index (χ3v) is 4.55. The van der Waals surface area contributed by atoms with Crippen LogP contribution in [0.2, 0.25) is 0 Å². The molecule has 0 aromatic heterocycles. The van der Waals surface area contributed by atoms with Gasteiger partial charge in [0.2, 0.25) is 5.91 Å². The van der Waals surface area contributed by atoms with Crippen molar-refractivity contribution in [1.29, 1.82) is 0 Å². The highest BCUT2D eigenvalue weighted by Gasteiger charge is 2.73. The van der Waals surface area contributed by atoms with Gasteiger partial charge in [-0.2, -0.15) is 0 Å². The number of amides is 1. The maximum Gasteiger partial charge on any atom is 0.329 e. The van der Waals surface area contributed by atoms with Crippen LogP contribution in [0.15, 0.2) is 0 Å². The van der Waals surface area contributed by atoms with Crippen molar-refractivity contribution >= 4 is 17.8 Å². The van der Waals surface area contributed by atoms with E-state index in [0.29, 0.717) is 0 Å². The van der Waals surface area contributed by atoms with Crippen molar-refractivity contribution in [2.75, 3.05) is 7.11 Å². The molecule has 0 radical (unpaired) electrons. The molecule has 1 amide bonds. The minimum atomic E-state index is -1.56. The second-order valence-corrected chi connectivity index (χ2v) is 5.87. The van der Waals surface area contributed by atoms with Crippen LogP contribution >= 0.6 is 0 Å². The molecule has 0 saturated heterocycles. The van der Waals surface area contributed by atoms with Crippen molar-refractivity contribution < 1.29 is 29.3 Å². The topological polar surface area (TPSA) is 139 Å². The molecule has 8 nitrogen and oxygen atoms in total. The molecule has 6 atom stereocenters. The van der Waals surface area contributed by atoms with E-state index < -0.39 is 41.4 Å². The third kappa shape index (κ3) is 2.49. The number of aliphatic hydroxyl groups is 1. The zero-order valence-electron chi connectivity index (χ0n) is 11.9. The number of carboxylic acid groups (broad SMARTS) is 1. The molecule has 2 fully saturated rings. The van der Waals surface area contributed by atoms with E-state index >= 15 is 0 Å². The number of aliphatic carboxylic acids is 1. The molecule has 118 valence electrons. The lowest BCUT2D eigenvalue weighted by Gasteiger charge is -2.30. The highest BCUT2D eigenvalue weighted by Crippen LogP contribution is 2.63. The van der Waals surface area contributed by atoms with Gasteiger partial charge in [0.05, 0.1) is 19.3 Å². The van der Waals surface area contributed by atoms with Crippen LogP contribution in [0.1, 0.15) is 19.8 Å². The highest BCUT2D eigenvalue weighted by molar-refractivity contribution is 5.90. The SMILES string of the molecule is COC(=O)C[C@H]1[C@H]2[C@@H]1[C@](NC(=O)[C@H](C)N)(C(=O)O)C[C@@H]2O. The predicted molar refractivity (Wildman–Crippen MR) is 69.9 cm³/mol. The molecule has 0 aromatic carbocycles. The zero-order valence-corrected chi connectivity index (χ0v) is 11.9. The highest BCUT2D eigenvalue weighted by atomic mass is 16.5. The smallest absolute Gasteiger partial charge is 0.329 e. The number of carboxylic acids is 1. The van der Waals surface area contributed by atoms with Gasteiger partial charge in [-0.05, 0) is 18.8 Å². The number of hydrogen-bond donors (Lipinski definition) is 4. The number of nitrogens with two attached hydrogens (primary N) is 1. The molecule has 0 aromatic rings. The molecule has 0 aliphatic heterocycles. The van der Waals surface area contributed by atoms with Crippen LogP contribution in [0.25, 0.3) is 0 Å². The Morgan fingerprint density at radius 1 is 1.48 bits per heavy atom. The van der Waals surface area contributed by atoms with Crippen molar-refractivity contribution in [2.45, 2.75) is 37.5 Å². The molecular weight excluding hydrogens is 280 g/mol. The summed E-state index contributed by atoms with van der Waals surface area (Å²) in [6.45, 7) is 1.45. The molecule has 2 saturated carbocycles. The van der Waals surface area contributed by atoms with Crippen LogP contribution in [0.5, 0.6) is 0 Å². The van der Waals surface area contributed by atoms with Crippen molar-refractivity contribution in [2.24, 2.45) is 23.5 Å². The number of carbonyl (C=O) groups is 3. The third-order valence-electron chi connectivity index (χ3n) is 4.55. The number of carbonyl (C=O) groups excluding carboxylic acids is 2. The van der Waals surface area contributed by atoms with Crippen LogP contribution in [0, 0.1) is 17.8 Å². The fourth-order valence-electron chi connectivity index (χ4n) is 3.51. The predicted octanol–water partition coefficient (Wildman–Crippen LogP) is -1.54. The fourth-order valence-corrected chi connectivity index (χ4v) is 3.51. The monoisotopic (exact) mass is 300 g/mol. The second-order valence-electron chi connectivity index (χ2n) is 5.87. The number of nitrogens with one attached hydrogen (secondary N) is 1. The van der Waals surface area contributed by atoms with Gasteiger partial charge in [-0.15, -0.1) is 0 Å². The molecular formula is C13H20N2O6. The fraction of sp³-hybridized carbons (Fsp3) is 0.769. The molecule has 0 bridgehead atoms. The summed E-state index contributed by atoms with van der Waals surface area (Å²) in [4.78, 5) is 34.8. The molecule has 0 unspecified atom stereocenters. The molecule has 2 aliphatic rings. The standard InChI is InChI=1S/C13H20N2O6/c1-5(14)11(18)15-13(12(19)20)4-7(16)9-6(10(9)13)3-8(17)21-2/h5-7,9-10,16H,3-4,14H2,1-2H3,(H,15,18)(H,19,20)/t5-,6-,7-,9+,10+,13-/m0/s1. The summed E-state index contributed by atoms with van der Waals surface area (Å²) in [5.41, 5.74) is 3.90. The van der Waals surface area contributed by atoms with Crippen LogP contribution in [-0.2, 0) is 19.1 Å². The largest absolute Gasteiger partial charge is 0.479 e. The number of hydrogen-bond acceptors (Lipinski definition) is 6.